The van der Waals surface area contributed by atoms with Gasteiger partial charge < -0.3 is 10.8 Å². The SMILES string of the molecule is NC1=Nc2ccc(Cl)cc2C1(O)C1CC1. The smallest absolute Gasteiger partial charge is 0.151 e. The summed E-state index contributed by atoms with van der Waals surface area (Å²) in [6.45, 7) is 0. The van der Waals surface area contributed by atoms with Gasteiger partial charge in [-0.05, 0) is 37.0 Å². The number of hydrogen-bond acceptors (Lipinski definition) is 3. The molecule has 0 spiro atoms. The minimum atomic E-state index is -1.07. The van der Waals surface area contributed by atoms with Crippen LogP contribution in [0.3, 0.4) is 0 Å². The predicted octanol–water partition coefficient (Wildman–Crippen LogP) is 1.94. The zero-order valence-electron chi connectivity index (χ0n) is 8.07. The highest BCUT2D eigenvalue weighted by molar-refractivity contribution is 6.30. The van der Waals surface area contributed by atoms with E-state index in [1.807, 2.05) is 0 Å². The van der Waals surface area contributed by atoms with E-state index < -0.39 is 5.60 Å². The van der Waals surface area contributed by atoms with Crippen LogP contribution < -0.4 is 5.73 Å². The van der Waals surface area contributed by atoms with Crippen molar-refractivity contribution in [2.45, 2.75) is 18.4 Å². The van der Waals surface area contributed by atoms with Crippen LogP contribution in [0.1, 0.15) is 18.4 Å². The van der Waals surface area contributed by atoms with Gasteiger partial charge in [-0.1, -0.05) is 11.6 Å². The molecule has 1 aromatic carbocycles. The number of fused-ring (bicyclic) bond motifs is 1. The van der Waals surface area contributed by atoms with Crippen LogP contribution in [0.2, 0.25) is 5.02 Å². The van der Waals surface area contributed by atoms with Crippen molar-refractivity contribution < 1.29 is 5.11 Å². The fourth-order valence-electron chi connectivity index (χ4n) is 2.19. The quantitative estimate of drug-likeness (QED) is 0.763. The molecule has 4 heteroatoms. The van der Waals surface area contributed by atoms with E-state index in [0.717, 1.165) is 24.1 Å². The lowest BCUT2D eigenvalue weighted by Crippen LogP contribution is -2.40. The number of aliphatic hydroxyl groups is 1. The van der Waals surface area contributed by atoms with Crippen molar-refractivity contribution in [3.63, 3.8) is 0 Å². The largest absolute Gasteiger partial charge is 0.384 e. The first-order chi connectivity index (χ1) is 7.12. The maximum absolute atomic E-state index is 10.6. The third kappa shape index (κ3) is 1.13. The molecule has 3 rings (SSSR count). The van der Waals surface area contributed by atoms with Crippen molar-refractivity contribution in [3.05, 3.63) is 28.8 Å². The predicted molar refractivity (Wildman–Crippen MR) is 59.4 cm³/mol. The Morgan fingerprint density at radius 3 is 2.87 bits per heavy atom. The maximum Gasteiger partial charge on any atom is 0.151 e. The average Bonchev–Trinajstić information content (AvgIpc) is 3.00. The Kier molecular flexibility index (Phi) is 1.68. The van der Waals surface area contributed by atoms with Gasteiger partial charge in [0.25, 0.3) is 0 Å². The van der Waals surface area contributed by atoms with Crippen LogP contribution in [0.15, 0.2) is 23.2 Å². The Labute approximate surface area is 92.6 Å². The van der Waals surface area contributed by atoms with Gasteiger partial charge in [-0.3, -0.25) is 0 Å². The number of amidine groups is 1. The molecule has 1 aliphatic carbocycles. The van der Waals surface area contributed by atoms with Gasteiger partial charge in [0.2, 0.25) is 0 Å². The Morgan fingerprint density at radius 2 is 2.20 bits per heavy atom. The summed E-state index contributed by atoms with van der Waals surface area (Å²) in [4.78, 5) is 4.19. The van der Waals surface area contributed by atoms with Crippen LogP contribution in [0.5, 0.6) is 0 Å². The number of halogens is 1. The van der Waals surface area contributed by atoms with Gasteiger partial charge in [-0.15, -0.1) is 0 Å². The molecule has 1 unspecified atom stereocenters. The summed E-state index contributed by atoms with van der Waals surface area (Å²) < 4.78 is 0. The van der Waals surface area contributed by atoms with Gasteiger partial charge in [0.1, 0.15) is 5.84 Å². The van der Waals surface area contributed by atoms with Crippen LogP contribution in [0, 0.1) is 5.92 Å². The fraction of sp³-hybridized carbons (Fsp3) is 0.364. The second kappa shape index (κ2) is 2.74. The Bertz CT molecular complexity index is 468. The zero-order chi connectivity index (χ0) is 10.6. The summed E-state index contributed by atoms with van der Waals surface area (Å²) in [5.41, 5.74) is 6.24. The average molecular weight is 223 g/mol. The minimum absolute atomic E-state index is 0.209. The summed E-state index contributed by atoms with van der Waals surface area (Å²) >= 11 is 5.92. The third-order valence-electron chi connectivity index (χ3n) is 3.17. The standard InChI is InChI=1S/C11H11ClN2O/c12-7-3-4-9-8(5-7)11(15,6-1-2-6)10(13)14-9/h3-6,15H,1-2H2,(H2,13,14). The Balaban J connectivity index is 2.20. The van der Waals surface area contributed by atoms with Crippen LogP contribution in [-0.2, 0) is 5.60 Å². The molecule has 1 aromatic rings. The summed E-state index contributed by atoms with van der Waals surface area (Å²) in [5, 5.41) is 11.2. The number of nitrogens with zero attached hydrogens (tertiary/aromatic N) is 1. The molecule has 2 aliphatic rings. The molecule has 0 aromatic heterocycles. The van der Waals surface area contributed by atoms with Crippen LogP contribution in [0.4, 0.5) is 5.69 Å². The number of aliphatic imine (C=N–C) groups is 1. The second-order valence-electron chi connectivity index (χ2n) is 4.20. The van der Waals surface area contributed by atoms with E-state index in [-0.39, 0.29) is 5.92 Å². The Hall–Kier alpha value is -1.06. The van der Waals surface area contributed by atoms with Crippen LogP contribution in [0.25, 0.3) is 0 Å². The first-order valence-corrected chi connectivity index (χ1v) is 5.37. The summed E-state index contributed by atoms with van der Waals surface area (Å²) in [7, 11) is 0. The first-order valence-electron chi connectivity index (χ1n) is 4.99. The normalized spacial score (nSPS) is 28.8. The highest BCUT2D eigenvalue weighted by Crippen LogP contribution is 2.51. The van der Waals surface area contributed by atoms with E-state index in [9.17, 15) is 5.11 Å². The molecule has 15 heavy (non-hydrogen) atoms. The summed E-state index contributed by atoms with van der Waals surface area (Å²) in [6.07, 6.45) is 2.00. The number of rotatable bonds is 1. The number of hydrogen-bond donors (Lipinski definition) is 2. The highest BCUT2D eigenvalue weighted by atomic mass is 35.5. The molecular weight excluding hydrogens is 212 g/mol. The summed E-state index contributed by atoms with van der Waals surface area (Å²) in [5.74, 6) is 0.517. The van der Waals surface area contributed by atoms with Gasteiger partial charge in [0.15, 0.2) is 5.60 Å². The van der Waals surface area contributed by atoms with E-state index in [1.54, 1.807) is 18.2 Å². The number of benzene rings is 1. The summed E-state index contributed by atoms with van der Waals surface area (Å²) in [6, 6.07) is 5.32. The molecule has 0 radical (unpaired) electrons. The monoisotopic (exact) mass is 222 g/mol. The lowest BCUT2D eigenvalue weighted by molar-refractivity contribution is 0.0893. The minimum Gasteiger partial charge on any atom is -0.384 e. The topological polar surface area (TPSA) is 58.6 Å². The van der Waals surface area contributed by atoms with E-state index in [1.165, 1.54) is 0 Å². The van der Waals surface area contributed by atoms with Crippen molar-refractivity contribution in [2.24, 2.45) is 16.6 Å². The lowest BCUT2D eigenvalue weighted by Gasteiger charge is -2.23. The molecule has 1 atom stereocenters. The van der Waals surface area contributed by atoms with Gasteiger partial charge in [-0.25, -0.2) is 4.99 Å². The van der Waals surface area contributed by atoms with Crippen LogP contribution in [-0.4, -0.2) is 10.9 Å². The molecule has 78 valence electrons. The molecule has 3 nitrogen and oxygen atoms in total. The molecule has 1 heterocycles. The van der Waals surface area contributed by atoms with Gasteiger partial charge in [-0.2, -0.15) is 0 Å². The van der Waals surface area contributed by atoms with Crippen molar-refractivity contribution in [1.29, 1.82) is 0 Å². The third-order valence-corrected chi connectivity index (χ3v) is 3.40. The van der Waals surface area contributed by atoms with E-state index in [0.29, 0.717) is 10.9 Å². The van der Waals surface area contributed by atoms with Crippen molar-refractivity contribution in [2.75, 3.05) is 0 Å². The molecule has 1 saturated carbocycles. The van der Waals surface area contributed by atoms with Crippen molar-refractivity contribution >= 4 is 23.1 Å². The molecule has 1 fully saturated rings. The molecule has 0 amide bonds. The first kappa shape index (κ1) is 9.19. The van der Waals surface area contributed by atoms with E-state index in [4.69, 9.17) is 17.3 Å². The zero-order valence-corrected chi connectivity index (χ0v) is 8.83. The van der Waals surface area contributed by atoms with Gasteiger partial charge >= 0.3 is 0 Å². The van der Waals surface area contributed by atoms with Crippen molar-refractivity contribution in [3.8, 4) is 0 Å². The molecule has 0 saturated heterocycles. The van der Waals surface area contributed by atoms with E-state index >= 15 is 0 Å². The Morgan fingerprint density at radius 1 is 1.47 bits per heavy atom. The molecule has 1 aliphatic heterocycles. The maximum atomic E-state index is 10.6. The van der Waals surface area contributed by atoms with Crippen LogP contribution >= 0.6 is 11.6 Å². The van der Waals surface area contributed by atoms with Crippen molar-refractivity contribution in [1.82, 2.24) is 0 Å². The molecular formula is C11H11ClN2O. The lowest BCUT2D eigenvalue weighted by atomic mass is 9.89. The molecule has 0 bridgehead atoms. The molecule has 3 N–H and O–H groups in total. The van der Waals surface area contributed by atoms with Gasteiger partial charge in [0, 0.05) is 10.6 Å². The highest BCUT2D eigenvalue weighted by Gasteiger charge is 2.51. The van der Waals surface area contributed by atoms with Gasteiger partial charge in [0.05, 0.1) is 5.69 Å². The number of nitrogens with two attached hydrogens (primary N) is 1. The fourth-order valence-corrected chi connectivity index (χ4v) is 2.37. The second-order valence-corrected chi connectivity index (χ2v) is 4.64. The van der Waals surface area contributed by atoms with E-state index in [2.05, 4.69) is 4.99 Å².